The van der Waals surface area contributed by atoms with Gasteiger partial charge in [0.25, 0.3) is 0 Å². The molecule has 2 aliphatic heterocycles. The van der Waals surface area contributed by atoms with Crippen molar-refractivity contribution in [1.29, 1.82) is 0 Å². The largest absolute Gasteiger partial charge is 0.390 e. The molecule has 0 spiro atoms. The summed E-state index contributed by atoms with van der Waals surface area (Å²) < 4.78 is 28.9. The lowest BCUT2D eigenvalue weighted by atomic mass is 10.1. The van der Waals surface area contributed by atoms with E-state index in [2.05, 4.69) is 19.9 Å². The SMILES string of the molecule is COC1CCN(c2nc(Cl)nc3c2ncn3C2C[C@H](O)[C@@H](COCP(=O)(O)O)O2)CC1. The van der Waals surface area contributed by atoms with Crippen LogP contribution in [0.1, 0.15) is 25.5 Å². The van der Waals surface area contributed by atoms with E-state index in [1.807, 2.05) is 0 Å². The Balaban J connectivity index is 1.52. The first kappa shape index (κ1) is 22.8. The van der Waals surface area contributed by atoms with Gasteiger partial charge in [0.05, 0.1) is 25.1 Å². The molecule has 2 saturated heterocycles. The second-order valence-electron chi connectivity index (χ2n) is 7.66. The van der Waals surface area contributed by atoms with Crippen LogP contribution < -0.4 is 4.90 Å². The number of nitrogens with zero attached hydrogens (tertiary/aromatic N) is 5. The van der Waals surface area contributed by atoms with Gasteiger partial charge in [-0.15, -0.1) is 0 Å². The minimum absolute atomic E-state index is 0.0817. The minimum Gasteiger partial charge on any atom is -0.390 e. The lowest BCUT2D eigenvalue weighted by Crippen LogP contribution is -2.37. The lowest BCUT2D eigenvalue weighted by molar-refractivity contribution is -0.0564. The van der Waals surface area contributed by atoms with Gasteiger partial charge in [0.15, 0.2) is 17.0 Å². The Hall–Kier alpha value is -1.37. The van der Waals surface area contributed by atoms with E-state index in [0.717, 1.165) is 25.9 Å². The number of ether oxygens (including phenoxy) is 3. The van der Waals surface area contributed by atoms with Crippen molar-refractivity contribution in [2.45, 2.75) is 43.8 Å². The molecule has 0 amide bonds. The summed E-state index contributed by atoms with van der Waals surface area (Å²) in [7, 11) is -2.58. The Kier molecular flexibility index (Phi) is 6.80. The molecule has 2 aromatic heterocycles. The number of rotatable bonds is 7. The van der Waals surface area contributed by atoms with Crippen molar-refractivity contribution in [2.24, 2.45) is 0 Å². The Labute approximate surface area is 183 Å². The highest BCUT2D eigenvalue weighted by molar-refractivity contribution is 7.51. The van der Waals surface area contributed by atoms with E-state index in [0.29, 0.717) is 17.0 Å². The summed E-state index contributed by atoms with van der Waals surface area (Å²) in [6.45, 7) is 1.36. The van der Waals surface area contributed by atoms with Crippen molar-refractivity contribution in [2.75, 3.05) is 38.1 Å². The topological polar surface area (TPSA) is 152 Å². The van der Waals surface area contributed by atoms with E-state index in [4.69, 9.17) is 35.6 Å². The fourth-order valence-electron chi connectivity index (χ4n) is 3.93. The average Bonchev–Trinajstić information content (AvgIpc) is 3.30. The van der Waals surface area contributed by atoms with Crippen LogP contribution in [-0.4, -0.2) is 85.9 Å². The summed E-state index contributed by atoms with van der Waals surface area (Å²) in [5.74, 6) is 0.642. The molecule has 4 rings (SSSR count). The maximum atomic E-state index is 10.9. The van der Waals surface area contributed by atoms with E-state index in [9.17, 15) is 9.67 Å². The van der Waals surface area contributed by atoms with E-state index in [1.165, 1.54) is 0 Å². The molecule has 0 saturated carbocycles. The Morgan fingerprint density at radius 1 is 1.32 bits per heavy atom. The quantitative estimate of drug-likeness (QED) is 0.385. The first-order valence-corrected chi connectivity index (χ1v) is 12.1. The number of piperidine rings is 1. The Morgan fingerprint density at radius 2 is 2.06 bits per heavy atom. The number of hydrogen-bond acceptors (Lipinski definition) is 9. The molecule has 1 unspecified atom stereocenters. The molecule has 172 valence electrons. The van der Waals surface area contributed by atoms with Crippen LogP contribution in [-0.2, 0) is 18.8 Å². The van der Waals surface area contributed by atoms with Crippen LogP contribution >= 0.6 is 19.2 Å². The molecule has 2 aliphatic rings. The van der Waals surface area contributed by atoms with E-state index >= 15 is 0 Å². The second-order valence-corrected chi connectivity index (χ2v) is 9.58. The summed E-state index contributed by atoms with van der Waals surface area (Å²) in [5, 5.41) is 10.4. The molecule has 3 atom stereocenters. The number of aliphatic hydroxyl groups excluding tert-OH is 1. The van der Waals surface area contributed by atoms with Crippen LogP contribution in [0.3, 0.4) is 0 Å². The van der Waals surface area contributed by atoms with Gasteiger partial charge in [-0.3, -0.25) is 9.13 Å². The standard InChI is InChI=1S/C17H25ClN5O7P/c1-28-10-2-4-22(5-3-10)15-14-16(21-17(18)20-15)23(8-19-14)13-6-11(24)12(30-13)7-29-9-31(25,26)27/h8,10-13,24H,2-7,9H2,1H3,(H2,25,26,27)/t11-,12+,13?/m0/s1. The van der Waals surface area contributed by atoms with Gasteiger partial charge in [-0.2, -0.15) is 9.97 Å². The molecule has 0 aliphatic carbocycles. The maximum absolute atomic E-state index is 10.9. The summed E-state index contributed by atoms with van der Waals surface area (Å²) in [4.78, 5) is 33.1. The fraction of sp³-hybridized carbons (Fsp3) is 0.706. The molecule has 14 heteroatoms. The van der Waals surface area contributed by atoms with Gasteiger partial charge < -0.3 is 34.0 Å². The lowest BCUT2D eigenvalue weighted by Gasteiger charge is -2.32. The molecule has 12 nitrogen and oxygen atoms in total. The second kappa shape index (κ2) is 9.24. The Bertz CT molecular complexity index is 964. The predicted molar refractivity (Wildman–Crippen MR) is 110 cm³/mol. The summed E-state index contributed by atoms with van der Waals surface area (Å²) in [5.41, 5.74) is 1.07. The van der Waals surface area contributed by atoms with Crippen molar-refractivity contribution in [3.05, 3.63) is 11.6 Å². The van der Waals surface area contributed by atoms with E-state index in [-0.39, 0.29) is 24.4 Å². The van der Waals surface area contributed by atoms with Crippen molar-refractivity contribution < 1.29 is 33.7 Å². The number of methoxy groups -OCH3 is 1. The summed E-state index contributed by atoms with van der Waals surface area (Å²) >= 11 is 6.20. The predicted octanol–water partition coefficient (Wildman–Crippen LogP) is 0.895. The van der Waals surface area contributed by atoms with Crippen LogP contribution in [0.2, 0.25) is 5.28 Å². The van der Waals surface area contributed by atoms with Crippen LogP contribution in [0.4, 0.5) is 5.82 Å². The molecular weight excluding hydrogens is 453 g/mol. The Morgan fingerprint density at radius 3 is 2.74 bits per heavy atom. The van der Waals surface area contributed by atoms with Crippen LogP contribution in [0.25, 0.3) is 11.2 Å². The summed E-state index contributed by atoms with van der Waals surface area (Å²) in [6.07, 6.45) is 0.847. The highest BCUT2D eigenvalue weighted by Crippen LogP contribution is 2.36. The zero-order valence-corrected chi connectivity index (χ0v) is 18.5. The first-order valence-electron chi connectivity index (χ1n) is 9.89. The van der Waals surface area contributed by atoms with Gasteiger partial charge in [-0.25, -0.2) is 4.98 Å². The number of aromatic nitrogens is 4. The summed E-state index contributed by atoms with van der Waals surface area (Å²) in [6, 6.07) is 0. The third kappa shape index (κ3) is 5.18. The molecule has 0 aromatic carbocycles. The molecule has 0 radical (unpaired) electrons. The third-order valence-corrected chi connectivity index (χ3v) is 6.19. The van der Waals surface area contributed by atoms with Crippen LogP contribution in [0.15, 0.2) is 6.33 Å². The fourth-order valence-corrected chi connectivity index (χ4v) is 4.44. The zero-order chi connectivity index (χ0) is 22.2. The van der Waals surface area contributed by atoms with Gasteiger partial charge in [0.2, 0.25) is 5.28 Å². The molecule has 0 bridgehead atoms. The van der Waals surface area contributed by atoms with E-state index in [1.54, 1.807) is 18.0 Å². The average molecular weight is 478 g/mol. The van der Waals surface area contributed by atoms with Gasteiger partial charge in [-0.1, -0.05) is 0 Å². The van der Waals surface area contributed by atoms with Crippen LogP contribution in [0, 0.1) is 0 Å². The van der Waals surface area contributed by atoms with Crippen molar-refractivity contribution in [1.82, 2.24) is 19.5 Å². The van der Waals surface area contributed by atoms with E-state index < -0.39 is 32.4 Å². The van der Waals surface area contributed by atoms with Crippen LogP contribution in [0.5, 0.6) is 0 Å². The molecule has 31 heavy (non-hydrogen) atoms. The molecule has 2 aromatic rings. The number of aliphatic hydroxyl groups is 1. The maximum Gasteiger partial charge on any atom is 0.350 e. The van der Waals surface area contributed by atoms with Gasteiger partial charge >= 0.3 is 7.60 Å². The number of hydrogen-bond donors (Lipinski definition) is 3. The number of halogens is 1. The molecular formula is C17H25ClN5O7P. The van der Waals surface area contributed by atoms with Crippen molar-refractivity contribution >= 4 is 36.2 Å². The highest BCUT2D eigenvalue weighted by Gasteiger charge is 2.37. The smallest absolute Gasteiger partial charge is 0.350 e. The van der Waals surface area contributed by atoms with Gasteiger partial charge in [0, 0.05) is 26.6 Å². The number of imidazole rings is 1. The third-order valence-electron chi connectivity index (χ3n) is 5.51. The first-order chi connectivity index (χ1) is 14.7. The zero-order valence-electron chi connectivity index (χ0n) is 16.9. The van der Waals surface area contributed by atoms with Crippen molar-refractivity contribution in [3.63, 3.8) is 0 Å². The minimum atomic E-state index is -4.29. The highest BCUT2D eigenvalue weighted by atomic mass is 35.5. The monoisotopic (exact) mass is 477 g/mol. The number of anilines is 1. The molecule has 4 heterocycles. The normalized spacial score (nSPS) is 25.6. The van der Waals surface area contributed by atoms with Crippen molar-refractivity contribution in [3.8, 4) is 0 Å². The molecule has 3 N–H and O–H groups in total. The van der Waals surface area contributed by atoms with Gasteiger partial charge in [0.1, 0.15) is 18.7 Å². The van der Waals surface area contributed by atoms with Gasteiger partial charge in [-0.05, 0) is 24.4 Å². The molecule has 2 fully saturated rings. The number of fused-ring (bicyclic) bond motifs is 1.